The molecule has 4 aromatic rings. The zero-order valence-electron chi connectivity index (χ0n) is 14.0. The third-order valence-electron chi connectivity index (χ3n) is 4.51. The van der Waals surface area contributed by atoms with Crippen LogP contribution in [0.25, 0.3) is 21.9 Å². The van der Waals surface area contributed by atoms with Crippen molar-refractivity contribution in [3.63, 3.8) is 0 Å². The summed E-state index contributed by atoms with van der Waals surface area (Å²) in [4.78, 5) is 4.82. The Morgan fingerprint density at radius 1 is 1.21 bits per heavy atom. The van der Waals surface area contributed by atoms with Crippen LogP contribution >= 0.6 is 0 Å². The highest BCUT2D eigenvalue weighted by atomic mass is 15.1. The van der Waals surface area contributed by atoms with Crippen LogP contribution in [0.15, 0.2) is 48.7 Å². The molecule has 2 N–H and O–H groups in total. The van der Waals surface area contributed by atoms with E-state index in [2.05, 4.69) is 70.3 Å². The van der Waals surface area contributed by atoms with Crippen molar-refractivity contribution in [3.05, 3.63) is 60.0 Å². The van der Waals surface area contributed by atoms with Crippen molar-refractivity contribution in [2.24, 2.45) is 0 Å². The van der Waals surface area contributed by atoms with Gasteiger partial charge in [0.2, 0.25) is 0 Å². The van der Waals surface area contributed by atoms with Gasteiger partial charge in [0.05, 0.1) is 28.8 Å². The minimum atomic E-state index is 0.176. The van der Waals surface area contributed by atoms with Crippen molar-refractivity contribution in [3.8, 4) is 0 Å². The Kier molecular flexibility index (Phi) is 3.78. The number of nitrogens with one attached hydrogen (secondary N) is 2. The van der Waals surface area contributed by atoms with Gasteiger partial charge >= 0.3 is 0 Å². The maximum absolute atomic E-state index is 4.82. The Morgan fingerprint density at radius 2 is 2.08 bits per heavy atom. The van der Waals surface area contributed by atoms with Gasteiger partial charge in [-0.25, -0.2) is 4.98 Å². The van der Waals surface area contributed by atoms with E-state index < -0.39 is 0 Å². The maximum atomic E-state index is 4.82. The molecular formula is C19H21N5. The quantitative estimate of drug-likeness (QED) is 0.588. The fourth-order valence-electron chi connectivity index (χ4n) is 3.21. The molecule has 0 aliphatic rings. The Labute approximate surface area is 140 Å². The van der Waals surface area contributed by atoms with E-state index in [4.69, 9.17) is 4.98 Å². The van der Waals surface area contributed by atoms with E-state index >= 15 is 0 Å². The minimum absolute atomic E-state index is 0.176. The Morgan fingerprint density at radius 3 is 2.96 bits per heavy atom. The second-order valence-electron chi connectivity index (χ2n) is 6.10. The second-order valence-corrected chi connectivity index (χ2v) is 6.10. The van der Waals surface area contributed by atoms with Gasteiger partial charge in [-0.2, -0.15) is 5.10 Å². The molecule has 0 bridgehead atoms. The molecule has 0 spiro atoms. The summed E-state index contributed by atoms with van der Waals surface area (Å²) in [6.45, 7) is 6.05. The fourth-order valence-corrected chi connectivity index (χ4v) is 3.21. The van der Waals surface area contributed by atoms with Gasteiger partial charge in [0.1, 0.15) is 5.82 Å². The number of aryl methyl sites for hydroxylation is 1. The molecule has 24 heavy (non-hydrogen) atoms. The molecule has 0 aliphatic carbocycles. The number of benzene rings is 2. The minimum Gasteiger partial charge on any atom is -0.327 e. The summed E-state index contributed by atoms with van der Waals surface area (Å²) in [5.74, 6) is 1.08. The monoisotopic (exact) mass is 319 g/mol. The Hall–Kier alpha value is -2.66. The van der Waals surface area contributed by atoms with Crippen molar-refractivity contribution in [2.75, 3.05) is 0 Å². The van der Waals surface area contributed by atoms with Gasteiger partial charge in [-0.3, -0.25) is 5.10 Å². The predicted molar refractivity (Wildman–Crippen MR) is 96.8 cm³/mol. The molecular weight excluding hydrogens is 298 g/mol. The first-order chi connectivity index (χ1) is 11.8. The first-order valence-corrected chi connectivity index (χ1v) is 8.37. The van der Waals surface area contributed by atoms with E-state index in [0.29, 0.717) is 0 Å². The molecule has 1 atom stereocenters. The lowest BCUT2D eigenvalue weighted by molar-refractivity contribution is 0.522. The molecule has 1 unspecified atom stereocenters. The number of nitrogens with zero attached hydrogens (tertiary/aromatic N) is 3. The molecule has 0 saturated carbocycles. The summed E-state index contributed by atoms with van der Waals surface area (Å²) in [5.41, 5.74) is 4.56. The number of aromatic nitrogens is 4. The third kappa shape index (κ3) is 2.57. The van der Waals surface area contributed by atoms with Crippen LogP contribution in [0.1, 0.15) is 31.3 Å². The number of aromatic amines is 1. The summed E-state index contributed by atoms with van der Waals surface area (Å²) in [6, 6.07) is 14.9. The lowest BCUT2D eigenvalue weighted by atomic mass is 10.1. The van der Waals surface area contributed by atoms with Gasteiger partial charge in [-0.15, -0.1) is 0 Å². The Balaban J connectivity index is 1.56. The average Bonchev–Trinajstić information content (AvgIpc) is 3.22. The van der Waals surface area contributed by atoms with Gasteiger partial charge in [0, 0.05) is 18.5 Å². The van der Waals surface area contributed by atoms with Crippen molar-refractivity contribution in [1.82, 2.24) is 25.1 Å². The average molecular weight is 319 g/mol. The van der Waals surface area contributed by atoms with E-state index in [9.17, 15) is 0 Å². The molecule has 0 fully saturated rings. The zero-order valence-corrected chi connectivity index (χ0v) is 14.0. The van der Waals surface area contributed by atoms with Crippen LogP contribution in [0.5, 0.6) is 0 Å². The number of H-pyrrole nitrogens is 1. The SMILES string of the molecule is CCn1c(C(C)NCc2ccc3cn[nH]c3c2)nc2ccccc21. The van der Waals surface area contributed by atoms with Crippen molar-refractivity contribution >= 4 is 21.9 Å². The number of hydrogen-bond donors (Lipinski definition) is 2. The second kappa shape index (κ2) is 6.09. The normalized spacial score (nSPS) is 12.9. The van der Waals surface area contributed by atoms with Crippen LogP contribution in [0.2, 0.25) is 0 Å². The van der Waals surface area contributed by atoms with Crippen LogP contribution in [0.4, 0.5) is 0 Å². The van der Waals surface area contributed by atoms with E-state index in [1.54, 1.807) is 0 Å². The van der Waals surface area contributed by atoms with Crippen LogP contribution in [0.3, 0.4) is 0 Å². The fraction of sp³-hybridized carbons (Fsp3) is 0.263. The molecule has 0 aliphatic heterocycles. The highest BCUT2D eigenvalue weighted by Crippen LogP contribution is 2.21. The van der Waals surface area contributed by atoms with Crippen LogP contribution < -0.4 is 5.32 Å². The molecule has 5 nitrogen and oxygen atoms in total. The molecule has 0 radical (unpaired) electrons. The largest absolute Gasteiger partial charge is 0.327 e. The van der Waals surface area contributed by atoms with Crippen LogP contribution in [0, 0.1) is 0 Å². The number of hydrogen-bond acceptors (Lipinski definition) is 3. The molecule has 4 rings (SSSR count). The van der Waals surface area contributed by atoms with Crippen LogP contribution in [-0.2, 0) is 13.1 Å². The van der Waals surface area contributed by atoms with Crippen LogP contribution in [-0.4, -0.2) is 19.7 Å². The maximum Gasteiger partial charge on any atom is 0.126 e. The lowest BCUT2D eigenvalue weighted by Gasteiger charge is -2.15. The predicted octanol–water partition coefficient (Wildman–Crippen LogP) is 3.78. The number of para-hydroxylation sites is 2. The molecule has 0 amide bonds. The molecule has 5 heteroatoms. The smallest absolute Gasteiger partial charge is 0.126 e. The number of rotatable bonds is 5. The molecule has 2 aromatic heterocycles. The molecule has 122 valence electrons. The summed E-state index contributed by atoms with van der Waals surface area (Å²) < 4.78 is 2.28. The molecule has 2 aromatic carbocycles. The van der Waals surface area contributed by atoms with Crippen molar-refractivity contribution < 1.29 is 0 Å². The number of fused-ring (bicyclic) bond motifs is 2. The Bertz CT molecular complexity index is 982. The topological polar surface area (TPSA) is 58.5 Å². The van der Waals surface area contributed by atoms with E-state index in [-0.39, 0.29) is 6.04 Å². The highest BCUT2D eigenvalue weighted by molar-refractivity contribution is 5.78. The van der Waals surface area contributed by atoms with E-state index in [1.165, 1.54) is 11.1 Å². The number of imidazole rings is 1. The molecule has 2 heterocycles. The van der Waals surface area contributed by atoms with Gasteiger partial charge in [-0.05, 0) is 37.6 Å². The standard InChI is InChI=1S/C19H21N5/c1-3-24-18-7-5-4-6-16(18)22-19(24)13(2)20-11-14-8-9-15-12-21-23-17(15)10-14/h4-10,12-13,20H,3,11H2,1-2H3,(H,21,23). The first-order valence-electron chi connectivity index (χ1n) is 8.37. The van der Waals surface area contributed by atoms with Crippen molar-refractivity contribution in [2.45, 2.75) is 33.0 Å². The van der Waals surface area contributed by atoms with Gasteiger partial charge in [0.25, 0.3) is 0 Å². The van der Waals surface area contributed by atoms with Gasteiger partial charge in [-0.1, -0.05) is 24.3 Å². The van der Waals surface area contributed by atoms with E-state index in [0.717, 1.165) is 35.3 Å². The first kappa shape index (κ1) is 14.9. The summed E-state index contributed by atoms with van der Waals surface area (Å²) in [6.07, 6.45) is 1.85. The summed E-state index contributed by atoms with van der Waals surface area (Å²) >= 11 is 0. The lowest BCUT2D eigenvalue weighted by Crippen LogP contribution is -2.21. The van der Waals surface area contributed by atoms with E-state index in [1.807, 2.05) is 12.3 Å². The van der Waals surface area contributed by atoms with Gasteiger partial charge in [0.15, 0.2) is 0 Å². The summed E-state index contributed by atoms with van der Waals surface area (Å²) in [7, 11) is 0. The third-order valence-corrected chi connectivity index (χ3v) is 4.51. The van der Waals surface area contributed by atoms with Gasteiger partial charge < -0.3 is 9.88 Å². The molecule has 0 saturated heterocycles. The van der Waals surface area contributed by atoms with Crippen molar-refractivity contribution in [1.29, 1.82) is 0 Å². The summed E-state index contributed by atoms with van der Waals surface area (Å²) in [5, 5.41) is 11.8. The zero-order chi connectivity index (χ0) is 16.5. The highest BCUT2D eigenvalue weighted by Gasteiger charge is 2.15.